The van der Waals surface area contributed by atoms with Crippen LogP contribution in [0.5, 0.6) is 5.75 Å². The van der Waals surface area contributed by atoms with Gasteiger partial charge >= 0.3 is 0 Å². The van der Waals surface area contributed by atoms with Crippen LogP contribution in [0.1, 0.15) is 5.56 Å². The van der Waals surface area contributed by atoms with Crippen LogP contribution in [-0.4, -0.2) is 13.2 Å². The van der Waals surface area contributed by atoms with E-state index < -0.39 is 5.82 Å². The first-order valence-corrected chi connectivity index (χ1v) is 6.10. The first-order valence-electron chi connectivity index (χ1n) is 6.10. The van der Waals surface area contributed by atoms with Crippen LogP contribution < -0.4 is 15.8 Å². The number of nitrogens with zero attached hydrogens (tertiary/aromatic N) is 1. The van der Waals surface area contributed by atoms with Gasteiger partial charge in [0.1, 0.15) is 18.2 Å². The summed E-state index contributed by atoms with van der Waals surface area (Å²) in [4.78, 5) is 0. The number of rotatable bonds is 5. The molecular weight excluding hydrogens is 257 g/mol. The summed E-state index contributed by atoms with van der Waals surface area (Å²) in [7, 11) is 0. The normalized spacial score (nSPS) is 9.80. The highest BCUT2D eigenvalue weighted by atomic mass is 19.1. The van der Waals surface area contributed by atoms with E-state index in [9.17, 15) is 4.39 Å². The van der Waals surface area contributed by atoms with E-state index in [1.807, 2.05) is 18.2 Å². The van der Waals surface area contributed by atoms with Gasteiger partial charge in [-0.3, -0.25) is 0 Å². The monoisotopic (exact) mass is 271 g/mol. The summed E-state index contributed by atoms with van der Waals surface area (Å²) in [6.07, 6.45) is 0. The van der Waals surface area contributed by atoms with Crippen molar-refractivity contribution in [2.75, 3.05) is 24.2 Å². The molecular formula is C15H14FN3O. The number of nitrogens with one attached hydrogen (secondary N) is 1. The fourth-order valence-electron chi connectivity index (χ4n) is 1.72. The SMILES string of the molecule is N#Cc1cc(F)cc(NCCOc2cccc(N)c2)c1. The van der Waals surface area contributed by atoms with E-state index in [2.05, 4.69) is 5.32 Å². The van der Waals surface area contributed by atoms with E-state index in [-0.39, 0.29) is 5.56 Å². The molecule has 0 bridgehead atoms. The Morgan fingerprint density at radius 2 is 2.10 bits per heavy atom. The van der Waals surface area contributed by atoms with E-state index in [0.29, 0.717) is 30.3 Å². The van der Waals surface area contributed by atoms with Crippen LogP contribution in [0.15, 0.2) is 42.5 Å². The smallest absolute Gasteiger partial charge is 0.126 e. The molecule has 3 N–H and O–H groups in total. The zero-order chi connectivity index (χ0) is 14.4. The van der Waals surface area contributed by atoms with Gasteiger partial charge in [0.05, 0.1) is 11.6 Å². The predicted molar refractivity (Wildman–Crippen MR) is 76.0 cm³/mol. The van der Waals surface area contributed by atoms with Gasteiger partial charge in [0, 0.05) is 24.0 Å². The molecule has 0 atom stereocenters. The maximum atomic E-state index is 13.2. The molecule has 0 heterocycles. The zero-order valence-electron chi connectivity index (χ0n) is 10.8. The second kappa shape index (κ2) is 6.43. The Hall–Kier alpha value is -2.74. The van der Waals surface area contributed by atoms with Crippen LogP contribution in [0.4, 0.5) is 15.8 Å². The molecule has 5 heteroatoms. The quantitative estimate of drug-likeness (QED) is 0.648. The Morgan fingerprint density at radius 1 is 1.25 bits per heavy atom. The lowest BCUT2D eigenvalue weighted by Gasteiger charge is -2.09. The summed E-state index contributed by atoms with van der Waals surface area (Å²) in [6, 6.07) is 13.1. The number of anilines is 2. The topological polar surface area (TPSA) is 71.1 Å². The van der Waals surface area contributed by atoms with Crippen molar-refractivity contribution in [1.29, 1.82) is 5.26 Å². The lowest BCUT2D eigenvalue weighted by Crippen LogP contribution is -2.11. The Kier molecular flexibility index (Phi) is 4.40. The molecule has 0 aliphatic rings. The molecule has 20 heavy (non-hydrogen) atoms. The van der Waals surface area contributed by atoms with Crippen molar-refractivity contribution in [2.45, 2.75) is 0 Å². The van der Waals surface area contributed by atoms with E-state index >= 15 is 0 Å². The van der Waals surface area contributed by atoms with E-state index in [1.165, 1.54) is 12.1 Å². The maximum Gasteiger partial charge on any atom is 0.126 e. The third kappa shape index (κ3) is 3.89. The minimum atomic E-state index is -0.441. The molecule has 102 valence electrons. The van der Waals surface area contributed by atoms with E-state index in [4.69, 9.17) is 15.7 Å². The lowest BCUT2D eigenvalue weighted by atomic mass is 10.2. The summed E-state index contributed by atoms with van der Waals surface area (Å²) >= 11 is 0. The van der Waals surface area contributed by atoms with Crippen LogP contribution in [0.25, 0.3) is 0 Å². The molecule has 4 nitrogen and oxygen atoms in total. The van der Waals surface area contributed by atoms with Gasteiger partial charge in [0.25, 0.3) is 0 Å². The first kappa shape index (κ1) is 13.7. The van der Waals surface area contributed by atoms with Gasteiger partial charge in [0.2, 0.25) is 0 Å². The minimum absolute atomic E-state index is 0.282. The van der Waals surface area contributed by atoms with Gasteiger partial charge in [-0.25, -0.2) is 4.39 Å². The second-order valence-corrected chi connectivity index (χ2v) is 4.19. The maximum absolute atomic E-state index is 13.2. The highest BCUT2D eigenvalue weighted by molar-refractivity contribution is 5.49. The Balaban J connectivity index is 1.84. The average molecular weight is 271 g/mol. The number of nitriles is 1. The number of nitrogen functional groups attached to an aromatic ring is 1. The summed E-state index contributed by atoms with van der Waals surface area (Å²) in [5.41, 5.74) is 7.11. The Bertz CT molecular complexity index is 637. The van der Waals surface area contributed by atoms with Gasteiger partial charge in [-0.2, -0.15) is 5.26 Å². The molecule has 0 unspecified atom stereocenters. The molecule has 0 aromatic heterocycles. The standard InChI is InChI=1S/C15H14FN3O/c16-12-6-11(10-17)7-14(8-12)19-4-5-20-15-3-1-2-13(18)9-15/h1-3,6-9,19H,4-5,18H2. The number of ether oxygens (including phenoxy) is 1. The van der Waals surface area contributed by atoms with Crippen LogP contribution in [0.2, 0.25) is 0 Å². The van der Waals surface area contributed by atoms with E-state index in [1.54, 1.807) is 18.2 Å². The minimum Gasteiger partial charge on any atom is -0.492 e. The van der Waals surface area contributed by atoms with Crippen molar-refractivity contribution in [3.63, 3.8) is 0 Å². The fraction of sp³-hybridized carbons (Fsp3) is 0.133. The van der Waals surface area contributed by atoms with Crippen LogP contribution in [0.3, 0.4) is 0 Å². The van der Waals surface area contributed by atoms with Crippen LogP contribution >= 0.6 is 0 Å². The first-order chi connectivity index (χ1) is 9.67. The van der Waals surface area contributed by atoms with Crippen LogP contribution in [-0.2, 0) is 0 Å². The number of hydrogen-bond donors (Lipinski definition) is 2. The molecule has 0 aliphatic heterocycles. The van der Waals surface area contributed by atoms with Crippen LogP contribution in [0, 0.1) is 17.1 Å². The summed E-state index contributed by atoms with van der Waals surface area (Å²) in [5.74, 6) is 0.243. The van der Waals surface area contributed by atoms with Gasteiger partial charge in [-0.05, 0) is 30.3 Å². The lowest BCUT2D eigenvalue weighted by molar-refractivity contribution is 0.333. The molecule has 0 spiro atoms. The number of halogens is 1. The molecule has 0 aliphatic carbocycles. The summed E-state index contributed by atoms with van der Waals surface area (Å²) < 4.78 is 18.7. The number of nitrogens with two attached hydrogens (primary N) is 1. The van der Waals surface area contributed by atoms with Crippen molar-refractivity contribution in [3.05, 3.63) is 53.8 Å². The number of hydrogen-bond acceptors (Lipinski definition) is 4. The van der Waals surface area contributed by atoms with Gasteiger partial charge in [-0.15, -0.1) is 0 Å². The Labute approximate surface area is 116 Å². The summed E-state index contributed by atoms with van der Waals surface area (Å²) in [5, 5.41) is 11.7. The predicted octanol–water partition coefficient (Wildman–Crippen LogP) is 2.77. The largest absolute Gasteiger partial charge is 0.492 e. The van der Waals surface area contributed by atoms with Crippen molar-refractivity contribution in [1.82, 2.24) is 0 Å². The third-order valence-electron chi connectivity index (χ3n) is 2.58. The highest BCUT2D eigenvalue weighted by Crippen LogP contribution is 2.15. The highest BCUT2D eigenvalue weighted by Gasteiger charge is 2.00. The molecule has 0 amide bonds. The number of benzene rings is 2. The summed E-state index contributed by atoms with van der Waals surface area (Å²) in [6.45, 7) is 0.894. The molecule has 2 rings (SSSR count). The second-order valence-electron chi connectivity index (χ2n) is 4.19. The molecule has 0 fully saturated rings. The molecule has 2 aromatic rings. The van der Waals surface area contributed by atoms with Crippen molar-refractivity contribution in [2.24, 2.45) is 0 Å². The average Bonchev–Trinajstić information content (AvgIpc) is 2.43. The molecule has 2 aromatic carbocycles. The van der Waals surface area contributed by atoms with Crippen molar-refractivity contribution >= 4 is 11.4 Å². The molecule has 0 radical (unpaired) electrons. The van der Waals surface area contributed by atoms with Gasteiger partial charge in [-0.1, -0.05) is 6.07 Å². The van der Waals surface area contributed by atoms with Crippen molar-refractivity contribution < 1.29 is 9.13 Å². The molecule has 0 saturated heterocycles. The fourth-order valence-corrected chi connectivity index (χ4v) is 1.72. The zero-order valence-corrected chi connectivity index (χ0v) is 10.8. The van der Waals surface area contributed by atoms with Gasteiger partial charge < -0.3 is 15.8 Å². The van der Waals surface area contributed by atoms with E-state index in [0.717, 1.165) is 0 Å². The third-order valence-corrected chi connectivity index (χ3v) is 2.58. The van der Waals surface area contributed by atoms with Crippen molar-refractivity contribution in [3.8, 4) is 11.8 Å². The van der Waals surface area contributed by atoms with Gasteiger partial charge in [0.15, 0.2) is 0 Å². The molecule has 0 saturated carbocycles. The Morgan fingerprint density at radius 3 is 2.85 bits per heavy atom.